The number of nitrogens with zero attached hydrogens (tertiary/aromatic N) is 3. The Morgan fingerprint density at radius 3 is 2.90 bits per heavy atom. The predicted molar refractivity (Wildman–Crippen MR) is 78.9 cm³/mol. The lowest BCUT2D eigenvalue weighted by Gasteiger charge is -2.15. The highest BCUT2D eigenvalue weighted by atomic mass is 32.1. The van der Waals surface area contributed by atoms with Crippen LogP contribution >= 0.6 is 11.3 Å². The lowest BCUT2D eigenvalue weighted by molar-refractivity contribution is -0.130. The van der Waals surface area contributed by atoms with Crippen molar-refractivity contribution in [3.05, 3.63) is 34.0 Å². The summed E-state index contributed by atoms with van der Waals surface area (Å²) in [6.45, 7) is 2.46. The fourth-order valence-electron chi connectivity index (χ4n) is 1.73. The summed E-state index contributed by atoms with van der Waals surface area (Å²) >= 11 is 1.46. The number of H-pyrrole nitrogens is 1. The topological polar surface area (TPSA) is 91.0 Å². The smallest absolute Gasteiger partial charge is 0.252 e. The molecule has 0 spiro atoms. The molecule has 7 nitrogen and oxygen atoms in total. The number of thiophene rings is 1. The van der Waals surface area contributed by atoms with E-state index in [4.69, 9.17) is 0 Å². The van der Waals surface area contributed by atoms with Crippen molar-refractivity contribution < 1.29 is 9.59 Å². The zero-order chi connectivity index (χ0) is 15.2. The van der Waals surface area contributed by atoms with E-state index in [0.29, 0.717) is 30.3 Å². The number of carbonyl (C=O) groups is 2. The van der Waals surface area contributed by atoms with E-state index in [9.17, 15) is 9.59 Å². The summed E-state index contributed by atoms with van der Waals surface area (Å²) in [6, 6.07) is 1.75. The first-order chi connectivity index (χ1) is 10.1. The molecule has 2 N–H and O–H groups in total. The van der Waals surface area contributed by atoms with Crippen LogP contribution in [0.1, 0.15) is 28.4 Å². The van der Waals surface area contributed by atoms with Crippen molar-refractivity contribution in [1.82, 2.24) is 25.4 Å². The summed E-state index contributed by atoms with van der Waals surface area (Å²) in [4.78, 5) is 29.3. The zero-order valence-corrected chi connectivity index (χ0v) is 12.7. The largest absolute Gasteiger partial charge is 0.351 e. The van der Waals surface area contributed by atoms with Crippen LogP contribution in [0, 0.1) is 6.92 Å². The van der Waals surface area contributed by atoms with E-state index >= 15 is 0 Å². The molecule has 0 fully saturated rings. The monoisotopic (exact) mass is 307 g/mol. The van der Waals surface area contributed by atoms with Gasteiger partial charge in [0.25, 0.3) is 5.91 Å². The van der Waals surface area contributed by atoms with Crippen LogP contribution in [0.3, 0.4) is 0 Å². The Morgan fingerprint density at radius 1 is 1.48 bits per heavy atom. The molecule has 2 aromatic heterocycles. The normalized spacial score (nSPS) is 10.4. The van der Waals surface area contributed by atoms with E-state index in [2.05, 4.69) is 20.5 Å². The highest BCUT2D eigenvalue weighted by Crippen LogP contribution is 2.05. The Balaban J connectivity index is 1.72. The summed E-state index contributed by atoms with van der Waals surface area (Å²) in [7, 11) is 1.69. The molecule has 0 radical (unpaired) electrons. The molecule has 0 aliphatic heterocycles. The van der Waals surface area contributed by atoms with E-state index in [1.54, 1.807) is 30.3 Å². The Kier molecular flexibility index (Phi) is 5.04. The van der Waals surface area contributed by atoms with E-state index in [1.165, 1.54) is 11.3 Å². The summed E-state index contributed by atoms with van der Waals surface area (Å²) in [5, 5.41) is 13.0. The molecule has 2 amide bonds. The van der Waals surface area contributed by atoms with Crippen molar-refractivity contribution in [3.8, 4) is 0 Å². The highest BCUT2D eigenvalue weighted by molar-refractivity contribution is 7.08. The van der Waals surface area contributed by atoms with Gasteiger partial charge in [-0.25, -0.2) is 4.98 Å². The molecule has 0 bridgehead atoms. The average Bonchev–Trinajstić information content (AvgIpc) is 3.10. The van der Waals surface area contributed by atoms with Crippen molar-refractivity contribution in [1.29, 1.82) is 0 Å². The van der Waals surface area contributed by atoms with E-state index < -0.39 is 0 Å². The molecule has 0 saturated heterocycles. The van der Waals surface area contributed by atoms with Crippen LogP contribution in [0.15, 0.2) is 16.8 Å². The van der Waals surface area contributed by atoms with E-state index in [-0.39, 0.29) is 18.2 Å². The third-order valence-corrected chi connectivity index (χ3v) is 3.54. The van der Waals surface area contributed by atoms with Crippen molar-refractivity contribution >= 4 is 23.2 Å². The number of rotatable bonds is 6. The van der Waals surface area contributed by atoms with Crippen LogP contribution in [0.2, 0.25) is 0 Å². The molecule has 2 rings (SSSR count). The summed E-state index contributed by atoms with van der Waals surface area (Å²) in [5.41, 5.74) is 0.622. The van der Waals surface area contributed by atoms with E-state index in [1.807, 2.05) is 5.38 Å². The van der Waals surface area contributed by atoms with Gasteiger partial charge in [0.15, 0.2) is 5.82 Å². The van der Waals surface area contributed by atoms with Gasteiger partial charge in [-0.05, 0) is 18.4 Å². The molecule has 0 aliphatic rings. The number of aromatic nitrogens is 3. The third-order valence-electron chi connectivity index (χ3n) is 2.86. The van der Waals surface area contributed by atoms with Crippen molar-refractivity contribution in [3.63, 3.8) is 0 Å². The number of amides is 2. The summed E-state index contributed by atoms with van der Waals surface area (Å²) in [6.07, 6.45) is 0.246. The quantitative estimate of drug-likeness (QED) is 0.831. The maximum absolute atomic E-state index is 11.9. The maximum Gasteiger partial charge on any atom is 0.252 e. The van der Waals surface area contributed by atoms with Crippen LogP contribution in [0.25, 0.3) is 0 Å². The lowest BCUT2D eigenvalue weighted by Crippen LogP contribution is -2.32. The molecule has 0 unspecified atom stereocenters. The summed E-state index contributed by atoms with van der Waals surface area (Å²) in [5.74, 6) is 1.07. The van der Waals surface area contributed by atoms with Crippen LogP contribution in [0.4, 0.5) is 0 Å². The van der Waals surface area contributed by atoms with Crippen LogP contribution in [0.5, 0.6) is 0 Å². The van der Waals surface area contributed by atoms with Gasteiger partial charge in [-0.3, -0.25) is 14.7 Å². The number of aryl methyl sites for hydroxylation is 1. The SMILES string of the molecule is Cc1nc(CN(C)C(=O)CCNC(=O)c2ccsc2)n[nH]1. The van der Waals surface area contributed by atoms with Gasteiger partial charge in [-0.15, -0.1) is 0 Å². The van der Waals surface area contributed by atoms with E-state index in [0.717, 1.165) is 0 Å². The summed E-state index contributed by atoms with van der Waals surface area (Å²) < 4.78 is 0. The number of hydrogen-bond acceptors (Lipinski definition) is 5. The van der Waals surface area contributed by atoms with Gasteiger partial charge in [0.05, 0.1) is 6.54 Å². The third kappa shape index (κ3) is 4.38. The van der Waals surface area contributed by atoms with Crippen LogP contribution < -0.4 is 5.32 Å². The molecule has 8 heteroatoms. The Morgan fingerprint density at radius 2 is 2.29 bits per heavy atom. The maximum atomic E-state index is 11.9. The second kappa shape index (κ2) is 6.98. The first-order valence-corrected chi connectivity index (χ1v) is 7.43. The molecule has 0 atom stereocenters. The lowest BCUT2D eigenvalue weighted by atomic mass is 10.3. The molecule has 2 heterocycles. The van der Waals surface area contributed by atoms with Crippen LogP contribution in [-0.2, 0) is 11.3 Å². The molecule has 21 heavy (non-hydrogen) atoms. The molecular formula is C13H17N5O2S. The first-order valence-electron chi connectivity index (χ1n) is 6.48. The van der Waals surface area contributed by atoms with Gasteiger partial charge < -0.3 is 10.2 Å². The number of aromatic amines is 1. The van der Waals surface area contributed by atoms with Gasteiger partial charge in [0.2, 0.25) is 5.91 Å². The first kappa shape index (κ1) is 15.2. The Hall–Kier alpha value is -2.22. The van der Waals surface area contributed by atoms with Gasteiger partial charge >= 0.3 is 0 Å². The molecule has 2 aromatic rings. The number of nitrogens with one attached hydrogen (secondary N) is 2. The minimum absolute atomic E-state index is 0.0666. The molecule has 0 aliphatic carbocycles. The van der Waals surface area contributed by atoms with Crippen molar-refractivity contribution in [2.45, 2.75) is 19.9 Å². The predicted octanol–water partition coefficient (Wildman–Crippen LogP) is 0.953. The second-order valence-corrected chi connectivity index (χ2v) is 5.38. The fourth-order valence-corrected chi connectivity index (χ4v) is 2.37. The standard InChI is InChI=1S/C13H17N5O2S/c1-9-15-11(17-16-9)7-18(2)12(19)3-5-14-13(20)10-4-6-21-8-10/h4,6,8H,3,5,7H2,1-2H3,(H,14,20)(H,15,16,17). The highest BCUT2D eigenvalue weighted by Gasteiger charge is 2.12. The van der Waals surface area contributed by atoms with Gasteiger partial charge in [0, 0.05) is 31.0 Å². The minimum Gasteiger partial charge on any atom is -0.351 e. The van der Waals surface area contributed by atoms with Gasteiger partial charge in [-0.2, -0.15) is 16.4 Å². The number of carbonyl (C=O) groups excluding carboxylic acids is 2. The fraction of sp³-hybridized carbons (Fsp3) is 0.385. The molecular weight excluding hydrogens is 290 g/mol. The zero-order valence-electron chi connectivity index (χ0n) is 11.9. The second-order valence-electron chi connectivity index (χ2n) is 4.60. The molecule has 112 valence electrons. The van der Waals surface area contributed by atoms with Gasteiger partial charge in [-0.1, -0.05) is 0 Å². The number of hydrogen-bond donors (Lipinski definition) is 2. The average molecular weight is 307 g/mol. The Bertz CT molecular complexity index is 608. The van der Waals surface area contributed by atoms with Crippen molar-refractivity contribution in [2.75, 3.05) is 13.6 Å². The van der Waals surface area contributed by atoms with Gasteiger partial charge in [0.1, 0.15) is 5.82 Å². The molecule has 0 saturated carbocycles. The minimum atomic E-state index is -0.156. The van der Waals surface area contributed by atoms with Crippen LogP contribution in [-0.4, -0.2) is 45.5 Å². The van der Waals surface area contributed by atoms with Crippen molar-refractivity contribution in [2.24, 2.45) is 0 Å². The Labute approximate surface area is 126 Å². The molecule has 0 aromatic carbocycles.